The van der Waals surface area contributed by atoms with Crippen LogP contribution in [0.25, 0.3) is 10.6 Å². The lowest BCUT2D eigenvalue weighted by molar-refractivity contribution is 0.0698. The van der Waals surface area contributed by atoms with Crippen LogP contribution in [-0.4, -0.2) is 16.1 Å². The molecule has 0 saturated carbocycles. The van der Waals surface area contributed by atoms with E-state index in [9.17, 15) is 4.79 Å². The van der Waals surface area contributed by atoms with E-state index in [4.69, 9.17) is 5.11 Å². The molecule has 2 heterocycles. The second kappa shape index (κ2) is 3.59. The highest BCUT2D eigenvalue weighted by atomic mass is 79.9. The number of carbonyl (C=O) groups is 1. The maximum Gasteiger partial charge on any atom is 0.337 e. The number of rotatable bonds is 2. The lowest BCUT2D eigenvalue weighted by Gasteiger charge is -1.95. The Balaban J connectivity index is 2.51. The monoisotopic (exact) mass is 271 g/mol. The van der Waals surface area contributed by atoms with E-state index in [1.54, 1.807) is 12.3 Å². The van der Waals surface area contributed by atoms with E-state index in [1.807, 2.05) is 12.1 Å². The molecule has 0 fully saturated rings. The second-order valence-electron chi connectivity index (χ2n) is 2.68. The van der Waals surface area contributed by atoms with Gasteiger partial charge in [-0.15, -0.1) is 11.3 Å². The van der Waals surface area contributed by atoms with Crippen molar-refractivity contribution in [3.05, 3.63) is 33.7 Å². The predicted octanol–water partition coefficient (Wildman–Crippen LogP) is 3.20. The maximum atomic E-state index is 10.8. The van der Waals surface area contributed by atoms with Crippen molar-refractivity contribution in [1.29, 1.82) is 0 Å². The molecule has 0 aromatic carbocycles. The van der Waals surface area contributed by atoms with Crippen LogP contribution in [0.5, 0.6) is 0 Å². The molecule has 0 aliphatic carbocycles. The fourth-order valence-electron chi connectivity index (χ4n) is 1.20. The molecule has 0 atom stereocenters. The number of carboxylic acids is 1. The van der Waals surface area contributed by atoms with Gasteiger partial charge in [-0.2, -0.15) is 0 Å². The van der Waals surface area contributed by atoms with Crippen LogP contribution in [0.3, 0.4) is 0 Å². The smallest absolute Gasteiger partial charge is 0.337 e. The summed E-state index contributed by atoms with van der Waals surface area (Å²) in [7, 11) is 0. The molecule has 2 rings (SSSR count). The molecule has 2 aromatic heterocycles. The van der Waals surface area contributed by atoms with Gasteiger partial charge in [-0.1, -0.05) is 0 Å². The Bertz CT molecular complexity index is 475. The topological polar surface area (TPSA) is 53.1 Å². The first-order valence-electron chi connectivity index (χ1n) is 3.85. The summed E-state index contributed by atoms with van der Waals surface area (Å²) in [4.78, 5) is 14.7. The zero-order valence-corrected chi connectivity index (χ0v) is 9.35. The van der Waals surface area contributed by atoms with Crippen molar-refractivity contribution in [3.63, 3.8) is 0 Å². The summed E-state index contributed by atoms with van der Waals surface area (Å²) in [6.45, 7) is 0. The summed E-state index contributed by atoms with van der Waals surface area (Å²) in [5.41, 5.74) is 0.965. The molecule has 0 radical (unpaired) electrons. The van der Waals surface area contributed by atoms with Gasteiger partial charge in [0, 0.05) is 6.20 Å². The van der Waals surface area contributed by atoms with Crippen LogP contribution in [0.2, 0.25) is 0 Å². The zero-order valence-electron chi connectivity index (χ0n) is 6.95. The minimum atomic E-state index is -0.911. The van der Waals surface area contributed by atoms with Crippen LogP contribution in [0.4, 0.5) is 0 Å². The highest BCUT2D eigenvalue weighted by Crippen LogP contribution is 2.32. The molecular weight excluding hydrogens is 266 g/mol. The van der Waals surface area contributed by atoms with Crippen LogP contribution in [0, 0.1) is 0 Å². The number of carboxylic acid groups (broad SMARTS) is 1. The Hall–Kier alpha value is -1.07. The summed E-state index contributed by atoms with van der Waals surface area (Å²) < 4.78 is 0.985. The third-order valence-corrected chi connectivity index (χ3v) is 3.44. The fourth-order valence-corrected chi connectivity index (χ4v) is 2.61. The van der Waals surface area contributed by atoms with Crippen molar-refractivity contribution in [2.75, 3.05) is 0 Å². The van der Waals surface area contributed by atoms with E-state index in [1.165, 1.54) is 11.3 Å². The van der Waals surface area contributed by atoms with Gasteiger partial charge in [0.25, 0.3) is 0 Å². The van der Waals surface area contributed by atoms with Gasteiger partial charge in [0.05, 0.1) is 19.9 Å². The molecule has 2 aromatic rings. The normalized spacial score (nSPS) is 10.4. The van der Waals surface area contributed by atoms with Gasteiger partial charge < -0.3 is 10.1 Å². The zero-order chi connectivity index (χ0) is 10.1. The van der Waals surface area contributed by atoms with E-state index in [0.29, 0.717) is 11.3 Å². The van der Waals surface area contributed by atoms with Gasteiger partial charge in [0.1, 0.15) is 0 Å². The highest BCUT2D eigenvalue weighted by molar-refractivity contribution is 9.11. The second-order valence-corrected chi connectivity index (χ2v) is 5.14. The minimum absolute atomic E-state index is 0.305. The van der Waals surface area contributed by atoms with Crippen molar-refractivity contribution in [2.24, 2.45) is 0 Å². The number of aromatic carboxylic acids is 1. The molecule has 0 unspecified atom stereocenters. The van der Waals surface area contributed by atoms with Gasteiger partial charge in [0.15, 0.2) is 0 Å². The molecule has 3 nitrogen and oxygen atoms in total. The number of nitrogens with one attached hydrogen (secondary N) is 1. The number of aromatic nitrogens is 1. The Morgan fingerprint density at radius 1 is 1.43 bits per heavy atom. The summed E-state index contributed by atoms with van der Waals surface area (Å²) in [5, 5.41) is 8.90. The first kappa shape index (κ1) is 9.48. The van der Waals surface area contributed by atoms with Crippen LogP contribution >= 0.6 is 27.3 Å². The minimum Gasteiger partial charge on any atom is -0.478 e. The van der Waals surface area contributed by atoms with Crippen LogP contribution in [-0.2, 0) is 0 Å². The fraction of sp³-hybridized carbons (Fsp3) is 0. The molecule has 72 valence electrons. The van der Waals surface area contributed by atoms with Crippen LogP contribution < -0.4 is 0 Å². The molecule has 0 spiro atoms. The number of H-pyrrole nitrogens is 1. The standard InChI is InChI=1S/C9H6BrNO2S/c10-7-2-1-6(14-7)8-5(9(12)13)3-4-11-8/h1-4,11H,(H,12,13). The van der Waals surface area contributed by atoms with Gasteiger partial charge in [0.2, 0.25) is 0 Å². The lowest BCUT2D eigenvalue weighted by atomic mass is 10.2. The Morgan fingerprint density at radius 3 is 2.79 bits per heavy atom. The molecule has 0 saturated heterocycles. The van der Waals surface area contributed by atoms with Crippen molar-refractivity contribution in [1.82, 2.24) is 4.98 Å². The van der Waals surface area contributed by atoms with E-state index in [0.717, 1.165) is 8.66 Å². The Labute approximate surface area is 92.5 Å². The number of hydrogen-bond donors (Lipinski definition) is 2. The quantitative estimate of drug-likeness (QED) is 0.882. The van der Waals surface area contributed by atoms with Crippen molar-refractivity contribution >= 4 is 33.2 Å². The molecule has 0 aliphatic rings. The van der Waals surface area contributed by atoms with Gasteiger partial charge in [-0.25, -0.2) is 4.79 Å². The number of halogens is 1. The van der Waals surface area contributed by atoms with Crippen LogP contribution in [0.1, 0.15) is 10.4 Å². The molecule has 2 N–H and O–H groups in total. The maximum absolute atomic E-state index is 10.8. The third-order valence-electron chi connectivity index (χ3n) is 1.80. The molecule has 14 heavy (non-hydrogen) atoms. The van der Waals surface area contributed by atoms with E-state index in [2.05, 4.69) is 20.9 Å². The molecule has 0 amide bonds. The largest absolute Gasteiger partial charge is 0.478 e. The molecule has 0 aliphatic heterocycles. The van der Waals surface area contributed by atoms with Crippen molar-refractivity contribution in [2.45, 2.75) is 0 Å². The Morgan fingerprint density at radius 2 is 2.21 bits per heavy atom. The van der Waals surface area contributed by atoms with Crippen LogP contribution in [0.15, 0.2) is 28.2 Å². The highest BCUT2D eigenvalue weighted by Gasteiger charge is 2.13. The summed E-state index contributed by atoms with van der Waals surface area (Å²) in [6, 6.07) is 5.34. The summed E-state index contributed by atoms with van der Waals surface area (Å²) in [5.74, 6) is -0.911. The average molecular weight is 272 g/mol. The molecule has 5 heteroatoms. The molecule has 0 bridgehead atoms. The number of aromatic amines is 1. The van der Waals surface area contributed by atoms with Gasteiger partial charge >= 0.3 is 5.97 Å². The predicted molar refractivity (Wildman–Crippen MR) is 58.8 cm³/mol. The van der Waals surface area contributed by atoms with E-state index < -0.39 is 5.97 Å². The summed E-state index contributed by atoms with van der Waals surface area (Å²) >= 11 is 4.84. The Kier molecular flexibility index (Phi) is 2.43. The number of hydrogen-bond acceptors (Lipinski definition) is 2. The number of thiophene rings is 1. The van der Waals surface area contributed by atoms with E-state index >= 15 is 0 Å². The first-order chi connectivity index (χ1) is 6.68. The van der Waals surface area contributed by atoms with Crippen molar-refractivity contribution < 1.29 is 9.90 Å². The summed E-state index contributed by atoms with van der Waals surface area (Å²) in [6.07, 6.45) is 1.63. The SMILES string of the molecule is O=C(O)c1cc[nH]c1-c1ccc(Br)s1. The average Bonchev–Trinajstić information content (AvgIpc) is 2.70. The third kappa shape index (κ3) is 1.60. The van der Waals surface area contributed by atoms with Gasteiger partial charge in [-0.3, -0.25) is 0 Å². The van der Waals surface area contributed by atoms with E-state index in [-0.39, 0.29) is 0 Å². The first-order valence-corrected chi connectivity index (χ1v) is 5.46. The molecular formula is C9H6BrNO2S. The van der Waals surface area contributed by atoms with Crippen molar-refractivity contribution in [3.8, 4) is 10.6 Å². The lowest BCUT2D eigenvalue weighted by Crippen LogP contribution is -1.95. The van der Waals surface area contributed by atoms with Gasteiger partial charge in [-0.05, 0) is 34.1 Å².